The number of rotatable bonds is 6. The molecule has 3 rings (SSSR count). The van der Waals surface area contributed by atoms with Crippen LogP contribution in [-0.2, 0) is 13.2 Å². The monoisotopic (exact) mass is 322 g/mol. The Labute approximate surface area is 134 Å². The second kappa shape index (κ2) is 6.65. The number of ether oxygens (including phenoxy) is 1. The summed E-state index contributed by atoms with van der Waals surface area (Å²) in [6.45, 7) is 1.27. The first kappa shape index (κ1) is 14.6. The third kappa shape index (κ3) is 4.60. The van der Waals surface area contributed by atoms with Gasteiger partial charge in [0, 0.05) is 28.8 Å². The van der Waals surface area contributed by atoms with Gasteiger partial charge in [0.1, 0.15) is 12.4 Å². The number of halogens is 2. The summed E-state index contributed by atoms with van der Waals surface area (Å²) < 4.78 is 5.65. The summed E-state index contributed by atoms with van der Waals surface area (Å²) in [6.07, 6.45) is 4.47. The standard InChI is InChI=1S/C16H16Cl2N2O/c17-12-5-13(18)7-16(6-12)21-10-15-2-1-11(9-20-15)8-19-14-3-4-14/h1-2,5-7,9,14,19H,3-4,8,10H2. The summed E-state index contributed by atoms with van der Waals surface area (Å²) in [5.74, 6) is 0.647. The molecule has 1 aliphatic rings. The average molecular weight is 323 g/mol. The lowest BCUT2D eigenvalue weighted by atomic mass is 10.2. The lowest BCUT2D eigenvalue weighted by Crippen LogP contribution is -2.15. The lowest BCUT2D eigenvalue weighted by molar-refractivity contribution is 0.301. The van der Waals surface area contributed by atoms with Gasteiger partial charge in [-0.05, 0) is 42.7 Å². The first-order chi connectivity index (χ1) is 10.2. The fraction of sp³-hybridized carbons (Fsp3) is 0.312. The van der Waals surface area contributed by atoms with Crippen LogP contribution in [-0.4, -0.2) is 11.0 Å². The van der Waals surface area contributed by atoms with Crippen LogP contribution in [0.4, 0.5) is 0 Å². The second-order valence-electron chi connectivity index (χ2n) is 5.21. The zero-order valence-electron chi connectivity index (χ0n) is 11.5. The molecule has 3 nitrogen and oxygen atoms in total. The van der Waals surface area contributed by atoms with Crippen molar-refractivity contribution in [1.29, 1.82) is 0 Å². The highest BCUT2D eigenvalue weighted by atomic mass is 35.5. The van der Waals surface area contributed by atoms with E-state index in [1.807, 2.05) is 12.3 Å². The van der Waals surface area contributed by atoms with Crippen molar-refractivity contribution < 1.29 is 4.74 Å². The van der Waals surface area contributed by atoms with Crippen LogP contribution in [0.3, 0.4) is 0 Å². The molecule has 1 fully saturated rings. The maximum absolute atomic E-state index is 5.93. The molecule has 0 saturated heterocycles. The molecule has 1 N–H and O–H groups in total. The van der Waals surface area contributed by atoms with E-state index in [1.165, 1.54) is 18.4 Å². The molecule has 1 aliphatic carbocycles. The normalized spacial score (nSPS) is 14.2. The predicted molar refractivity (Wildman–Crippen MR) is 84.9 cm³/mol. The minimum atomic E-state index is 0.396. The van der Waals surface area contributed by atoms with Gasteiger partial charge in [-0.2, -0.15) is 0 Å². The number of pyridine rings is 1. The van der Waals surface area contributed by atoms with Crippen LogP contribution in [0.5, 0.6) is 5.75 Å². The Bertz CT molecular complexity index is 592. The molecule has 5 heteroatoms. The highest BCUT2D eigenvalue weighted by molar-refractivity contribution is 6.34. The number of nitrogens with one attached hydrogen (secondary N) is 1. The minimum absolute atomic E-state index is 0.396. The Balaban J connectivity index is 1.54. The van der Waals surface area contributed by atoms with Gasteiger partial charge in [0.05, 0.1) is 5.69 Å². The van der Waals surface area contributed by atoms with Crippen molar-refractivity contribution in [2.24, 2.45) is 0 Å². The third-order valence-corrected chi connectivity index (χ3v) is 3.72. The van der Waals surface area contributed by atoms with Crippen molar-refractivity contribution in [3.63, 3.8) is 0 Å². The molecule has 0 amide bonds. The molecule has 1 aromatic heterocycles. The van der Waals surface area contributed by atoms with Crippen LogP contribution in [0.1, 0.15) is 24.1 Å². The van der Waals surface area contributed by atoms with Gasteiger partial charge in [0.15, 0.2) is 0 Å². The zero-order valence-corrected chi connectivity index (χ0v) is 13.0. The van der Waals surface area contributed by atoms with Crippen LogP contribution < -0.4 is 10.1 Å². The van der Waals surface area contributed by atoms with Crippen molar-refractivity contribution in [1.82, 2.24) is 10.3 Å². The fourth-order valence-electron chi connectivity index (χ4n) is 1.96. The summed E-state index contributed by atoms with van der Waals surface area (Å²) in [5, 5.41) is 4.59. The second-order valence-corrected chi connectivity index (χ2v) is 6.08. The van der Waals surface area contributed by atoms with Crippen molar-refractivity contribution in [2.45, 2.75) is 32.0 Å². The van der Waals surface area contributed by atoms with Crippen molar-refractivity contribution in [3.8, 4) is 5.75 Å². The lowest BCUT2D eigenvalue weighted by Gasteiger charge is -2.08. The Kier molecular flexibility index (Phi) is 4.63. The SMILES string of the molecule is Clc1cc(Cl)cc(OCc2ccc(CNC3CC3)cn2)c1. The molecular formula is C16H16Cl2N2O. The van der Waals surface area contributed by atoms with E-state index in [0.717, 1.165) is 12.2 Å². The molecule has 0 unspecified atom stereocenters. The molecule has 110 valence electrons. The van der Waals surface area contributed by atoms with Crippen molar-refractivity contribution in [3.05, 3.63) is 57.8 Å². The molecule has 2 aromatic rings. The quantitative estimate of drug-likeness (QED) is 0.864. The van der Waals surface area contributed by atoms with Crippen LogP contribution in [0.25, 0.3) is 0 Å². The summed E-state index contributed by atoms with van der Waals surface area (Å²) in [5.41, 5.74) is 2.07. The molecule has 1 aromatic carbocycles. The summed E-state index contributed by atoms with van der Waals surface area (Å²) >= 11 is 11.9. The van der Waals surface area contributed by atoms with Crippen LogP contribution in [0, 0.1) is 0 Å². The van der Waals surface area contributed by atoms with E-state index >= 15 is 0 Å². The average Bonchev–Trinajstić information content (AvgIpc) is 3.27. The highest BCUT2D eigenvalue weighted by Gasteiger charge is 2.19. The molecule has 0 aliphatic heterocycles. The Hall–Kier alpha value is -1.29. The zero-order chi connectivity index (χ0) is 14.7. The van der Waals surface area contributed by atoms with Crippen LogP contribution in [0.15, 0.2) is 36.5 Å². The van der Waals surface area contributed by atoms with E-state index in [9.17, 15) is 0 Å². The van der Waals surface area contributed by atoms with Gasteiger partial charge in [0.2, 0.25) is 0 Å². The first-order valence-corrected chi connectivity index (χ1v) is 7.71. The summed E-state index contributed by atoms with van der Waals surface area (Å²) in [7, 11) is 0. The van der Waals surface area contributed by atoms with E-state index in [1.54, 1.807) is 18.2 Å². The molecule has 0 spiro atoms. The number of aromatic nitrogens is 1. The molecule has 1 saturated carbocycles. The molecular weight excluding hydrogens is 307 g/mol. The maximum Gasteiger partial charge on any atom is 0.130 e. The van der Waals surface area contributed by atoms with E-state index < -0.39 is 0 Å². The topological polar surface area (TPSA) is 34.1 Å². The van der Waals surface area contributed by atoms with Crippen molar-refractivity contribution in [2.75, 3.05) is 0 Å². The van der Waals surface area contributed by atoms with E-state index in [2.05, 4.69) is 16.4 Å². The smallest absolute Gasteiger partial charge is 0.130 e. The minimum Gasteiger partial charge on any atom is -0.487 e. The number of nitrogens with zero attached hydrogens (tertiary/aromatic N) is 1. The Morgan fingerprint density at radius 1 is 1.14 bits per heavy atom. The predicted octanol–water partition coefficient (Wildman–Crippen LogP) is 4.22. The van der Waals surface area contributed by atoms with E-state index in [-0.39, 0.29) is 0 Å². The third-order valence-electron chi connectivity index (χ3n) is 3.28. The first-order valence-electron chi connectivity index (χ1n) is 6.95. The van der Waals surface area contributed by atoms with Gasteiger partial charge in [-0.15, -0.1) is 0 Å². The number of benzene rings is 1. The summed E-state index contributed by atoms with van der Waals surface area (Å²) in [6, 6.07) is 9.92. The molecule has 0 bridgehead atoms. The Morgan fingerprint density at radius 3 is 2.52 bits per heavy atom. The van der Waals surface area contributed by atoms with Gasteiger partial charge in [-0.25, -0.2) is 0 Å². The van der Waals surface area contributed by atoms with Crippen molar-refractivity contribution >= 4 is 23.2 Å². The Morgan fingerprint density at radius 2 is 1.90 bits per heavy atom. The molecule has 0 radical (unpaired) electrons. The van der Waals surface area contributed by atoms with Gasteiger partial charge >= 0.3 is 0 Å². The van der Waals surface area contributed by atoms with Gasteiger partial charge in [0.25, 0.3) is 0 Å². The van der Waals surface area contributed by atoms with Gasteiger partial charge in [-0.1, -0.05) is 29.3 Å². The number of hydrogen-bond donors (Lipinski definition) is 1. The largest absolute Gasteiger partial charge is 0.487 e. The van der Waals surface area contributed by atoms with Gasteiger partial charge in [-0.3, -0.25) is 4.98 Å². The highest BCUT2D eigenvalue weighted by Crippen LogP contribution is 2.24. The van der Waals surface area contributed by atoms with Crippen LogP contribution >= 0.6 is 23.2 Å². The number of hydrogen-bond acceptors (Lipinski definition) is 3. The van der Waals surface area contributed by atoms with E-state index in [0.29, 0.717) is 28.4 Å². The maximum atomic E-state index is 5.93. The molecule has 1 heterocycles. The summed E-state index contributed by atoms with van der Waals surface area (Å²) in [4.78, 5) is 4.41. The fourth-order valence-corrected chi connectivity index (χ4v) is 2.47. The van der Waals surface area contributed by atoms with Gasteiger partial charge < -0.3 is 10.1 Å². The van der Waals surface area contributed by atoms with Crippen LogP contribution in [0.2, 0.25) is 10.0 Å². The molecule has 0 atom stereocenters. The van der Waals surface area contributed by atoms with E-state index in [4.69, 9.17) is 27.9 Å². The molecule has 21 heavy (non-hydrogen) atoms.